The first-order valence-corrected chi connectivity index (χ1v) is 5.62. The number of likely N-dealkylation sites (N-methyl/N-ethyl adjacent to an activating group) is 1. The van der Waals surface area contributed by atoms with Gasteiger partial charge >= 0.3 is 0 Å². The van der Waals surface area contributed by atoms with Gasteiger partial charge in [0.15, 0.2) is 0 Å². The molecular formula is C12H20N4O. The number of amides is 1. The number of pyridine rings is 1. The lowest BCUT2D eigenvalue weighted by molar-refractivity contribution is -0.120. The van der Waals surface area contributed by atoms with E-state index < -0.39 is 0 Å². The van der Waals surface area contributed by atoms with Crippen molar-refractivity contribution >= 4 is 17.4 Å². The smallest absolute Gasteiger partial charge is 0.239 e. The van der Waals surface area contributed by atoms with Crippen molar-refractivity contribution in [2.75, 3.05) is 24.2 Å². The van der Waals surface area contributed by atoms with Gasteiger partial charge in [-0.05, 0) is 26.3 Å². The van der Waals surface area contributed by atoms with Crippen LogP contribution in [0.2, 0.25) is 0 Å². The molecule has 0 aromatic carbocycles. The molecule has 0 aliphatic rings. The number of nitrogens with one attached hydrogen (secondary N) is 1. The average molecular weight is 236 g/mol. The lowest BCUT2D eigenvalue weighted by Gasteiger charge is -2.19. The summed E-state index contributed by atoms with van der Waals surface area (Å²) in [7, 11) is 1.82. The minimum Gasteiger partial charge on any atom is -0.398 e. The van der Waals surface area contributed by atoms with E-state index in [1.165, 1.54) is 0 Å². The van der Waals surface area contributed by atoms with Gasteiger partial charge in [0.05, 0.1) is 6.54 Å². The maximum absolute atomic E-state index is 11.6. The minimum atomic E-state index is -0.0246. The van der Waals surface area contributed by atoms with Gasteiger partial charge in [-0.25, -0.2) is 4.98 Å². The molecule has 1 heterocycles. The summed E-state index contributed by atoms with van der Waals surface area (Å²) >= 11 is 0. The van der Waals surface area contributed by atoms with Gasteiger partial charge in [0.25, 0.3) is 0 Å². The molecule has 0 fully saturated rings. The maximum atomic E-state index is 11.6. The number of aromatic nitrogens is 1. The molecule has 5 heteroatoms. The maximum Gasteiger partial charge on any atom is 0.239 e. The lowest BCUT2D eigenvalue weighted by Crippen LogP contribution is -2.38. The number of hydrogen-bond donors (Lipinski definition) is 2. The first-order chi connectivity index (χ1) is 7.90. The highest BCUT2D eigenvalue weighted by Crippen LogP contribution is 2.16. The molecule has 1 aromatic heterocycles. The second-order valence-electron chi connectivity index (χ2n) is 4.48. The zero-order valence-corrected chi connectivity index (χ0v) is 10.8. The van der Waals surface area contributed by atoms with E-state index in [0.29, 0.717) is 11.5 Å². The van der Waals surface area contributed by atoms with Crippen LogP contribution in [0.4, 0.5) is 11.5 Å². The number of rotatable bonds is 4. The summed E-state index contributed by atoms with van der Waals surface area (Å²) in [6.45, 7) is 6.03. The second kappa shape index (κ2) is 5.52. The quantitative estimate of drug-likeness (QED) is 0.816. The SMILES string of the molecule is Cc1cnc(N(C)CC(=O)NC(C)C)cc1N. The molecule has 0 aliphatic carbocycles. The van der Waals surface area contributed by atoms with Gasteiger partial charge in [-0.3, -0.25) is 4.79 Å². The molecule has 0 aliphatic heterocycles. The summed E-state index contributed by atoms with van der Waals surface area (Å²) in [5, 5.41) is 2.83. The number of carbonyl (C=O) groups is 1. The average Bonchev–Trinajstić information content (AvgIpc) is 2.20. The minimum absolute atomic E-state index is 0.0246. The predicted octanol–water partition coefficient (Wildman–Crippen LogP) is 0.933. The zero-order chi connectivity index (χ0) is 13.0. The zero-order valence-electron chi connectivity index (χ0n) is 10.8. The van der Waals surface area contributed by atoms with Crippen LogP contribution in [-0.4, -0.2) is 30.5 Å². The van der Waals surface area contributed by atoms with Gasteiger partial charge in [-0.1, -0.05) is 0 Å². The standard InChI is InChI=1S/C12H20N4O/c1-8(2)15-12(17)7-16(4)11-5-10(13)9(3)6-14-11/h5-6,8H,7H2,1-4H3,(H2,13,14)(H,15,17). The molecule has 3 N–H and O–H groups in total. The van der Waals surface area contributed by atoms with E-state index in [2.05, 4.69) is 10.3 Å². The Labute approximate surface area is 102 Å². The number of nitrogens with two attached hydrogens (primary N) is 1. The van der Waals surface area contributed by atoms with Crippen LogP contribution in [0, 0.1) is 6.92 Å². The first kappa shape index (κ1) is 13.3. The molecule has 17 heavy (non-hydrogen) atoms. The van der Waals surface area contributed by atoms with Gasteiger partial charge in [-0.2, -0.15) is 0 Å². The summed E-state index contributed by atoms with van der Waals surface area (Å²) in [5.74, 6) is 0.676. The third kappa shape index (κ3) is 3.94. The summed E-state index contributed by atoms with van der Waals surface area (Å²) in [6, 6.07) is 1.92. The van der Waals surface area contributed by atoms with Crippen molar-refractivity contribution in [3.63, 3.8) is 0 Å². The molecule has 0 unspecified atom stereocenters. The van der Waals surface area contributed by atoms with Crippen molar-refractivity contribution in [2.45, 2.75) is 26.8 Å². The Morgan fingerprint density at radius 2 is 2.24 bits per heavy atom. The predicted molar refractivity (Wildman–Crippen MR) is 69.9 cm³/mol. The van der Waals surface area contributed by atoms with E-state index in [9.17, 15) is 4.79 Å². The largest absolute Gasteiger partial charge is 0.398 e. The Hall–Kier alpha value is -1.78. The molecule has 0 saturated carbocycles. The molecule has 0 atom stereocenters. The highest BCUT2D eigenvalue weighted by atomic mass is 16.2. The van der Waals surface area contributed by atoms with E-state index in [1.807, 2.05) is 27.8 Å². The van der Waals surface area contributed by atoms with E-state index in [-0.39, 0.29) is 18.5 Å². The lowest BCUT2D eigenvalue weighted by atomic mass is 10.2. The highest BCUT2D eigenvalue weighted by molar-refractivity contribution is 5.81. The molecule has 0 spiro atoms. The van der Waals surface area contributed by atoms with Crippen LogP contribution in [0.5, 0.6) is 0 Å². The van der Waals surface area contributed by atoms with Crippen LogP contribution >= 0.6 is 0 Å². The Balaban J connectivity index is 2.66. The first-order valence-electron chi connectivity index (χ1n) is 5.62. The van der Waals surface area contributed by atoms with Gasteiger partial charge in [0.1, 0.15) is 5.82 Å². The van der Waals surface area contributed by atoms with Gasteiger partial charge in [0, 0.05) is 31.0 Å². The molecule has 1 aromatic rings. The molecule has 1 rings (SSSR count). The van der Waals surface area contributed by atoms with Crippen LogP contribution in [0.15, 0.2) is 12.3 Å². The summed E-state index contributed by atoms with van der Waals surface area (Å²) in [6.07, 6.45) is 1.71. The van der Waals surface area contributed by atoms with Crippen LogP contribution in [0.1, 0.15) is 19.4 Å². The number of aryl methyl sites for hydroxylation is 1. The normalized spacial score (nSPS) is 10.4. The van der Waals surface area contributed by atoms with Gasteiger partial charge in [-0.15, -0.1) is 0 Å². The summed E-state index contributed by atoms with van der Waals surface area (Å²) in [5.41, 5.74) is 7.43. The fraction of sp³-hybridized carbons (Fsp3) is 0.500. The van der Waals surface area contributed by atoms with Crippen molar-refractivity contribution in [1.29, 1.82) is 0 Å². The van der Waals surface area contributed by atoms with Crippen molar-refractivity contribution in [2.24, 2.45) is 0 Å². The molecule has 1 amide bonds. The van der Waals surface area contributed by atoms with Crippen LogP contribution in [0.3, 0.4) is 0 Å². The fourth-order valence-corrected chi connectivity index (χ4v) is 1.40. The van der Waals surface area contributed by atoms with E-state index >= 15 is 0 Å². The summed E-state index contributed by atoms with van der Waals surface area (Å²) in [4.78, 5) is 17.6. The Bertz CT molecular complexity index is 403. The second-order valence-corrected chi connectivity index (χ2v) is 4.48. The van der Waals surface area contributed by atoms with Crippen molar-refractivity contribution in [3.05, 3.63) is 17.8 Å². The fourth-order valence-electron chi connectivity index (χ4n) is 1.40. The van der Waals surface area contributed by atoms with Crippen LogP contribution < -0.4 is 16.0 Å². The van der Waals surface area contributed by atoms with Crippen molar-refractivity contribution in [1.82, 2.24) is 10.3 Å². The third-order valence-electron chi connectivity index (χ3n) is 2.35. The van der Waals surface area contributed by atoms with Crippen LogP contribution in [0.25, 0.3) is 0 Å². The monoisotopic (exact) mass is 236 g/mol. The topological polar surface area (TPSA) is 71.2 Å². The van der Waals surface area contributed by atoms with Crippen molar-refractivity contribution in [3.8, 4) is 0 Å². The molecular weight excluding hydrogens is 216 g/mol. The Morgan fingerprint density at radius 1 is 1.59 bits per heavy atom. The van der Waals surface area contributed by atoms with E-state index in [0.717, 1.165) is 5.56 Å². The number of anilines is 2. The van der Waals surface area contributed by atoms with E-state index in [1.54, 1.807) is 17.2 Å². The number of nitrogens with zero attached hydrogens (tertiary/aromatic N) is 2. The number of nitrogen functional groups attached to an aromatic ring is 1. The molecule has 5 nitrogen and oxygen atoms in total. The molecule has 0 saturated heterocycles. The van der Waals surface area contributed by atoms with Crippen molar-refractivity contribution < 1.29 is 4.79 Å². The van der Waals surface area contributed by atoms with Crippen LogP contribution in [-0.2, 0) is 4.79 Å². The molecule has 0 radical (unpaired) electrons. The van der Waals surface area contributed by atoms with E-state index in [4.69, 9.17) is 5.73 Å². The van der Waals surface area contributed by atoms with Gasteiger partial charge in [0.2, 0.25) is 5.91 Å². The van der Waals surface area contributed by atoms with Gasteiger partial charge < -0.3 is 16.0 Å². The Kier molecular flexibility index (Phi) is 4.31. The molecule has 94 valence electrons. The summed E-state index contributed by atoms with van der Waals surface area (Å²) < 4.78 is 0. The molecule has 0 bridgehead atoms. The number of hydrogen-bond acceptors (Lipinski definition) is 4. The highest BCUT2D eigenvalue weighted by Gasteiger charge is 2.10. The Morgan fingerprint density at radius 3 is 2.76 bits per heavy atom. The third-order valence-corrected chi connectivity index (χ3v) is 2.35. The number of carbonyl (C=O) groups excluding carboxylic acids is 1.